The van der Waals surface area contributed by atoms with Crippen LogP contribution in [0.3, 0.4) is 0 Å². The SMILES string of the molecule is Cc1ccc(Cl)cc1N1C(=O)C(=O)/C(=C(\O)c2ccc3c(c2)OCCO3)C1c1ccncc1. The molecule has 1 aromatic heterocycles. The number of anilines is 1. The molecule has 0 radical (unpaired) electrons. The Hall–Kier alpha value is -3.84. The van der Waals surface area contributed by atoms with E-state index in [4.69, 9.17) is 21.1 Å². The van der Waals surface area contributed by atoms with Crippen LogP contribution in [0.4, 0.5) is 5.69 Å². The van der Waals surface area contributed by atoms with Gasteiger partial charge in [0.15, 0.2) is 11.5 Å². The summed E-state index contributed by atoms with van der Waals surface area (Å²) < 4.78 is 11.2. The van der Waals surface area contributed by atoms with Crippen LogP contribution in [0, 0.1) is 6.92 Å². The second kappa shape index (κ2) is 8.26. The molecule has 1 fully saturated rings. The van der Waals surface area contributed by atoms with Crippen molar-refractivity contribution in [3.05, 3.63) is 88.2 Å². The van der Waals surface area contributed by atoms with Crippen molar-refractivity contribution in [2.75, 3.05) is 18.1 Å². The Labute approximate surface area is 194 Å². The van der Waals surface area contributed by atoms with Gasteiger partial charge < -0.3 is 14.6 Å². The summed E-state index contributed by atoms with van der Waals surface area (Å²) in [5.74, 6) is -0.816. The number of carbonyl (C=O) groups is 2. The minimum atomic E-state index is -0.863. The number of aromatic nitrogens is 1. The number of ether oxygens (including phenoxy) is 2. The Morgan fingerprint density at radius 2 is 1.76 bits per heavy atom. The summed E-state index contributed by atoms with van der Waals surface area (Å²) in [6.07, 6.45) is 3.15. The second-order valence-electron chi connectivity index (χ2n) is 7.74. The molecule has 0 spiro atoms. The summed E-state index contributed by atoms with van der Waals surface area (Å²) in [5, 5.41) is 11.7. The molecular formula is C25H19ClN2O5. The lowest BCUT2D eigenvalue weighted by Gasteiger charge is -2.27. The molecule has 1 N–H and O–H groups in total. The molecule has 7 nitrogen and oxygen atoms in total. The molecule has 1 saturated heterocycles. The molecule has 2 aliphatic rings. The van der Waals surface area contributed by atoms with Crippen LogP contribution in [0.5, 0.6) is 11.5 Å². The minimum absolute atomic E-state index is 0.0257. The largest absolute Gasteiger partial charge is 0.507 e. The van der Waals surface area contributed by atoms with Gasteiger partial charge in [0, 0.05) is 28.7 Å². The molecule has 0 saturated carbocycles. The normalized spacial score (nSPS) is 19.1. The number of aryl methyl sites for hydroxylation is 1. The summed E-state index contributed by atoms with van der Waals surface area (Å²) in [6.45, 7) is 2.65. The van der Waals surface area contributed by atoms with Crippen molar-refractivity contribution in [1.82, 2.24) is 4.98 Å². The van der Waals surface area contributed by atoms with Gasteiger partial charge in [0.1, 0.15) is 19.0 Å². The number of hydrogen-bond acceptors (Lipinski definition) is 6. The number of halogens is 1. The quantitative estimate of drug-likeness (QED) is 0.351. The van der Waals surface area contributed by atoms with E-state index >= 15 is 0 Å². The Morgan fingerprint density at radius 1 is 1.03 bits per heavy atom. The van der Waals surface area contributed by atoms with E-state index in [1.165, 1.54) is 4.90 Å². The first kappa shape index (κ1) is 21.0. The molecule has 3 heterocycles. The Bertz CT molecular complexity index is 1310. The third-order valence-electron chi connectivity index (χ3n) is 5.71. The van der Waals surface area contributed by atoms with Crippen LogP contribution in [0.15, 0.2) is 66.5 Å². The van der Waals surface area contributed by atoms with Gasteiger partial charge in [-0.1, -0.05) is 17.7 Å². The number of ketones is 1. The van der Waals surface area contributed by atoms with Crippen molar-refractivity contribution < 1.29 is 24.2 Å². The van der Waals surface area contributed by atoms with E-state index in [9.17, 15) is 14.7 Å². The van der Waals surface area contributed by atoms with Crippen molar-refractivity contribution >= 4 is 34.7 Å². The molecule has 8 heteroatoms. The van der Waals surface area contributed by atoms with E-state index in [0.29, 0.717) is 46.5 Å². The molecule has 166 valence electrons. The molecule has 5 rings (SSSR count). The van der Waals surface area contributed by atoms with Crippen LogP contribution in [0.1, 0.15) is 22.7 Å². The molecule has 3 aromatic rings. The van der Waals surface area contributed by atoms with Gasteiger partial charge in [-0.15, -0.1) is 0 Å². The lowest BCUT2D eigenvalue weighted by molar-refractivity contribution is -0.132. The topological polar surface area (TPSA) is 89.0 Å². The molecule has 33 heavy (non-hydrogen) atoms. The van der Waals surface area contributed by atoms with Crippen molar-refractivity contribution in [1.29, 1.82) is 0 Å². The van der Waals surface area contributed by atoms with Crippen LogP contribution >= 0.6 is 11.6 Å². The number of nitrogens with zero attached hydrogens (tertiary/aromatic N) is 2. The van der Waals surface area contributed by atoms with Gasteiger partial charge in [-0.05, 0) is 60.5 Å². The smallest absolute Gasteiger partial charge is 0.300 e. The van der Waals surface area contributed by atoms with Gasteiger partial charge >= 0.3 is 0 Å². The monoisotopic (exact) mass is 462 g/mol. The van der Waals surface area contributed by atoms with E-state index in [-0.39, 0.29) is 11.3 Å². The van der Waals surface area contributed by atoms with Gasteiger partial charge in [0.2, 0.25) is 0 Å². The summed E-state index contributed by atoms with van der Waals surface area (Å²) >= 11 is 6.22. The molecule has 1 atom stereocenters. The van der Waals surface area contributed by atoms with E-state index in [1.807, 2.05) is 6.92 Å². The number of aliphatic hydroxyl groups excluding tert-OH is 1. The Morgan fingerprint density at radius 3 is 2.52 bits per heavy atom. The number of Topliss-reactive ketones (excluding diaryl/α,β-unsaturated/α-hetero) is 1. The van der Waals surface area contributed by atoms with E-state index in [0.717, 1.165) is 5.56 Å². The number of amides is 1. The van der Waals surface area contributed by atoms with Crippen molar-refractivity contribution in [2.24, 2.45) is 0 Å². The molecule has 2 aromatic carbocycles. The van der Waals surface area contributed by atoms with E-state index in [1.54, 1.807) is 60.9 Å². The van der Waals surface area contributed by atoms with Gasteiger partial charge in [0.05, 0.1) is 11.6 Å². The summed E-state index contributed by atoms with van der Waals surface area (Å²) in [4.78, 5) is 31.9. The van der Waals surface area contributed by atoms with Gasteiger partial charge in [0.25, 0.3) is 11.7 Å². The second-order valence-corrected chi connectivity index (χ2v) is 8.18. The highest BCUT2D eigenvalue weighted by molar-refractivity contribution is 6.52. The first-order valence-corrected chi connectivity index (χ1v) is 10.7. The third kappa shape index (κ3) is 3.60. The lowest BCUT2D eigenvalue weighted by atomic mass is 9.95. The highest BCUT2D eigenvalue weighted by Gasteiger charge is 2.47. The maximum atomic E-state index is 13.3. The predicted octanol–water partition coefficient (Wildman–Crippen LogP) is 4.44. The van der Waals surface area contributed by atoms with Crippen LogP contribution in [-0.4, -0.2) is 35.0 Å². The fourth-order valence-corrected chi connectivity index (χ4v) is 4.30. The maximum Gasteiger partial charge on any atom is 0.300 e. The number of aliphatic hydroxyl groups is 1. The first-order valence-electron chi connectivity index (χ1n) is 10.3. The maximum absolute atomic E-state index is 13.3. The summed E-state index contributed by atoms with van der Waals surface area (Å²) in [6, 6.07) is 12.6. The van der Waals surface area contributed by atoms with Crippen LogP contribution < -0.4 is 14.4 Å². The van der Waals surface area contributed by atoms with Crippen LogP contribution in [0.25, 0.3) is 5.76 Å². The third-order valence-corrected chi connectivity index (χ3v) is 5.95. The average Bonchev–Trinajstić information content (AvgIpc) is 3.10. The number of benzene rings is 2. The highest BCUT2D eigenvalue weighted by atomic mass is 35.5. The van der Waals surface area contributed by atoms with Crippen LogP contribution in [-0.2, 0) is 9.59 Å². The number of fused-ring (bicyclic) bond motifs is 1. The van der Waals surface area contributed by atoms with Gasteiger partial charge in [-0.3, -0.25) is 19.5 Å². The highest BCUT2D eigenvalue weighted by Crippen LogP contribution is 2.44. The van der Waals surface area contributed by atoms with Crippen molar-refractivity contribution in [2.45, 2.75) is 13.0 Å². The number of pyridine rings is 1. The zero-order valence-electron chi connectivity index (χ0n) is 17.6. The molecule has 1 unspecified atom stereocenters. The summed E-state index contributed by atoms with van der Waals surface area (Å²) in [5.41, 5.74) is 2.20. The summed E-state index contributed by atoms with van der Waals surface area (Å²) in [7, 11) is 0. The molecule has 0 aliphatic carbocycles. The average molecular weight is 463 g/mol. The number of hydrogen-bond donors (Lipinski definition) is 1. The molecule has 1 amide bonds. The molecular weight excluding hydrogens is 444 g/mol. The van der Waals surface area contributed by atoms with Crippen molar-refractivity contribution in [3.8, 4) is 11.5 Å². The molecule has 0 bridgehead atoms. The van der Waals surface area contributed by atoms with E-state index < -0.39 is 17.7 Å². The predicted molar refractivity (Wildman–Crippen MR) is 123 cm³/mol. The van der Waals surface area contributed by atoms with Gasteiger partial charge in [-0.2, -0.15) is 0 Å². The van der Waals surface area contributed by atoms with Crippen LogP contribution in [0.2, 0.25) is 5.02 Å². The lowest BCUT2D eigenvalue weighted by Crippen LogP contribution is -2.30. The minimum Gasteiger partial charge on any atom is -0.507 e. The number of carbonyl (C=O) groups excluding carboxylic acids is 2. The Kier molecular flexibility index (Phi) is 5.26. The zero-order valence-corrected chi connectivity index (χ0v) is 18.4. The standard InChI is InChI=1S/C25H19ClN2O5/c1-14-2-4-17(26)13-18(14)28-22(15-6-8-27-9-7-15)21(24(30)25(28)31)23(29)16-3-5-19-20(12-16)33-11-10-32-19/h2-9,12-13,22,29H,10-11H2,1H3/b23-21-. The first-order chi connectivity index (χ1) is 16.0. The molecule has 2 aliphatic heterocycles. The zero-order chi connectivity index (χ0) is 23.1. The van der Waals surface area contributed by atoms with Gasteiger partial charge in [-0.25, -0.2) is 0 Å². The fraction of sp³-hybridized carbons (Fsp3) is 0.160. The number of rotatable bonds is 3. The fourth-order valence-electron chi connectivity index (χ4n) is 4.13. The van der Waals surface area contributed by atoms with E-state index in [2.05, 4.69) is 4.98 Å². The van der Waals surface area contributed by atoms with Crippen molar-refractivity contribution in [3.63, 3.8) is 0 Å². The Balaban J connectivity index is 1.71.